The van der Waals surface area contributed by atoms with E-state index in [0.29, 0.717) is 5.92 Å². The maximum Gasteiger partial charge on any atom is 0.135 e. The van der Waals surface area contributed by atoms with Gasteiger partial charge in [-0.15, -0.1) is 0 Å². The highest BCUT2D eigenvalue weighted by molar-refractivity contribution is 5.20. The number of nitrogens with zero attached hydrogens (tertiary/aromatic N) is 1. The molecule has 4 heteroatoms. The van der Waals surface area contributed by atoms with Crippen LogP contribution in [0.15, 0.2) is 0 Å². The molecule has 3 N–H and O–H groups in total. The van der Waals surface area contributed by atoms with E-state index in [1.165, 1.54) is 17.8 Å². The first-order valence-electron chi connectivity index (χ1n) is 6.31. The van der Waals surface area contributed by atoms with Gasteiger partial charge in [0.25, 0.3) is 0 Å². The number of aromatic nitrogens is 2. The quantitative estimate of drug-likeness (QED) is 0.696. The Labute approximate surface area is 95.5 Å². The van der Waals surface area contributed by atoms with Crippen LogP contribution in [0.1, 0.15) is 42.6 Å². The predicted molar refractivity (Wildman–Crippen MR) is 61.2 cm³/mol. The van der Waals surface area contributed by atoms with E-state index in [9.17, 15) is 5.11 Å². The molecule has 0 bridgehead atoms. The summed E-state index contributed by atoms with van der Waals surface area (Å²) in [4.78, 5) is 7.85. The number of aliphatic hydroxyl groups is 1. The number of hydrogen-bond acceptors (Lipinski definition) is 3. The summed E-state index contributed by atoms with van der Waals surface area (Å²) in [5.74, 6) is 1.17. The van der Waals surface area contributed by atoms with Crippen LogP contribution < -0.4 is 5.32 Å². The summed E-state index contributed by atoms with van der Waals surface area (Å²) in [6, 6.07) is 0. The first-order chi connectivity index (χ1) is 7.84. The van der Waals surface area contributed by atoms with Gasteiger partial charge in [0.05, 0.1) is 5.69 Å². The second-order valence-electron chi connectivity index (χ2n) is 4.93. The number of fused-ring (bicyclic) bond motifs is 1. The number of H-pyrrole nitrogens is 1. The monoisotopic (exact) mass is 221 g/mol. The molecule has 1 fully saturated rings. The normalized spacial score (nSPS) is 23.3. The summed E-state index contributed by atoms with van der Waals surface area (Å²) in [5, 5.41) is 13.6. The lowest BCUT2D eigenvalue weighted by molar-refractivity contribution is 0.0816. The Hall–Kier alpha value is -0.870. The first-order valence-corrected chi connectivity index (χ1v) is 6.31. The fraction of sp³-hybridized carbons (Fsp3) is 0.750. The van der Waals surface area contributed by atoms with Crippen molar-refractivity contribution in [1.82, 2.24) is 15.3 Å². The standard InChI is InChI=1S/C12H19N3O/c16-11(8-4-6-13-7-5-8)12-14-9-2-1-3-10(9)15-12/h8,11,13,16H,1-7H2,(H,14,15). The van der Waals surface area contributed by atoms with Crippen LogP contribution in [-0.2, 0) is 12.8 Å². The lowest BCUT2D eigenvalue weighted by atomic mass is 9.92. The van der Waals surface area contributed by atoms with Crippen LogP contribution in [0.3, 0.4) is 0 Å². The summed E-state index contributed by atoms with van der Waals surface area (Å²) < 4.78 is 0. The Morgan fingerprint density at radius 2 is 2.06 bits per heavy atom. The number of rotatable bonds is 2. The number of nitrogens with one attached hydrogen (secondary N) is 2. The average Bonchev–Trinajstić information content (AvgIpc) is 2.89. The lowest BCUT2D eigenvalue weighted by Gasteiger charge is -2.26. The molecule has 1 saturated heterocycles. The van der Waals surface area contributed by atoms with Crippen LogP contribution in [0.25, 0.3) is 0 Å². The lowest BCUT2D eigenvalue weighted by Crippen LogP contribution is -2.31. The van der Waals surface area contributed by atoms with Gasteiger partial charge in [-0.05, 0) is 51.1 Å². The first kappa shape index (κ1) is 10.3. The number of imidazole rings is 1. The molecule has 1 aliphatic carbocycles. The van der Waals surface area contributed by atoms with E-state index in [-0.39, 0.29) is 0 Å². The Morgan fingerprint density at radius 1 is 1.25 bits per heavy atom. The SMILES string of the molecule is OC(c1nc2c([nH]1)CCC2)C1CCNCC1. The van der Waals surface area contributed by atoms with Crippen molar-refractivity contribution < 1.29 is 5.11 Å². The van der Waals surface area contributed by atoms with E-state index >= 15 is 0 Å². The molecule has 4 nitrogen and oxygen atoms in total. The van der Waals surface area contributed by atoms with Crippen LogP contribution in [0.5, 0.6) is 0 Å². The van der Waals surface area contributed by atoms with Gasteiger partial charge in [0.1, 0.15) is 11.9 Å². The third-order valence-corrected chi connectivity index (χ3v) is 3.83. The van der Waals surface area contributed by atoms with Gasteiger partial charge in [-0.1, -0.05) is 0 Å². The van der Waals surface area contributed by atoms with Gasteiger partial charge in [0, 0.05) is 5.69 Å². The van der Waals surface area contributed by atoms with E-state index in [1.54, 1.807) is 0 Å². The topological polar surface area (TPSA) is 60.9 Å². The maximum absolute atomic E-state index is 10.3. The van der Waals surface area contributed by atoms with Crippen LogP contribution in [-0.4, -0.2) is 28.2 Å². The summed E-state index contributed by atoms with van der Waals surface area (Å²) in [7, 11) is 0. The zero-order chi connectivity index (χ0) is 11.0. The van der Waals surface area contributed by atoms with Gasteiger partial charge >= 0.3 is 0 Å². The van der Waals surface area contributed by atoms with Crippen molar-refractivity contribution in [3.8, 4) is 0 Å². The molecule has 3 rings (SSSR count). The number of aliphatic hydroxyl groups excluding tert-OH is 1. The van der Waals surface area contributed by atoms with Gasteiger partial charge in [-0.25, -0.2) is 4.98 Å². The van der Waals surface area contributed by atoms with Crippen LogP contribution >= 0.6 is 0 Å². The molecule has 16 heavy (non-hydrogen) atoms. The number of aromatic amines is 1. The molecule has 0 spiro atoms. The fourth-order valence-corrected chi connectivity index (χ4v) is 2.84. The van der Waals surface area contributed by atoms with E-state index in [4.69, 9.17) is 0 Å². The molecular weight excluding hydrogens is 202 g/mol. The second-order valence-corrected chi connectivity index (χ2v) is 4.93. The molecule has 1 aromatic rings. The van der Waals surface area contributed by atoms with E-state index < -0.39 is 6.10 Å². The second kappa shape index (κ2) is 4.18. The Balaban J connectivity index is 1.75. The third-order valence-electron chi connectivity index (χ3n) is 3.83. The molecule has 88 valence electrons. The van der Waals surface area contributed by atoms with Crippen molar-refractivity contribution in [3.05, 3.63) is 17.2 Å². The predicted octanol–water partition coefficient (Wildman–Crippen LogP) is 0.931. The Bertz CT molecular complexity index is 347. The highest BCUT2D eigenvalue weighted by Gasteiger charge is 2.27. The van der Waals surface area contributed by atoms with Crippen molar-refractivity contribution in [1.29, 1.82) is 0 Å². The molecule has 0 aromatic carbocycles. The van der Waals surface area contributed by atoms with E-state index in [1.807, 2.05) is 0 Å². The summed E-state index contributed by atoms with van der Waals surface area (Å²) >= 11 is 0. The van der Waals surface area contributed by atoms with Crippen LogP contribution in [0, 0.1) is 5.92 Å². The number of hydrogen-bond donors (Lipinski definition) is 3. The van der Waals surface area contributed by atoms with E-state index in [2.05, 4.69) is 15.3 Å². The van der Waals surface area contributed by atoms with E-state index in [0.717, 1.165) is 44.6 Å². The molecule has 0 saturated carbocycles. The average molecular weight is 221 g/mol. The van der Waals surface area contributed by atoms with Gasteiger partial charge in [-0.2, -0.15) is 0 Å². The zero-order valence-electron chi connectivity index (χ0n) is 9.50. The van der Waals surface area contributed by atoms with Crippen molar-refractivity contribution in [2.45, 2.75) is 38.2 Å². The minimum atomic E-state index is -0.396. The molecule has 0 amide bonds. The van der Waals surface area contributed by atoms with Crippen molar-refractivity contribution >= 4 is 0 Å². The molecule has 2 heterocycles. The highest BCUT2D eigenvalue weighted by atomic mass is 16.3. The van der Waals surface area contributed by atoms with Crippen molar-refractivity contribution in [2.75, 3.05) is 13.1 Å². The molecule has 1 unspecified atom stereocenters. The molecule has 1 aliphatic heterocycles. The molecule has 1 aromatic heterocycles. The highest BCUT2D eigenvalue weighted by Crippen LogP contribution is 2.29. The minimum absolute atomic E-state index is 0.368. The largest absolute Gasteiger partial charge is 0.385 e. The van der Waals surface area contributed by atoms with Crippen molar-refractivity contribution in [3.63, 3.8) is 0 Å². The smallest absolute Gasteiger partial charge is 0.135 e. The van der Waals surface area contributed by atoms with Gasteiger partial charge in [0.15, 0.2) is 0 Å². The molecule has 1 atom stereocenters. The molecule has 0 radical (unpaired) electrons. The van der Waals surface area contributed by atoms with Crippen molar-refractivity contribution in [2.24, 2.45) is 5.92 Å². The minimum Gasteiger partial charge on any atom is -0.385 e. The van der Waals surface area contributed by atoms with Gasteiger partial charge < -0.3 is 15.4 Å². The number of aryl methyl sites for hydroxylation is 2. The summed E-state index contributed by atoms with van der Waals surface area (Å²) in [5.41, 5.74) is 2.44. The fourth-order valence-electron chi connectivity index (χ4n) is 2.84. The maximum atomic E-state index is 10.3. The van der Waals surface area contributed by atoms with Crippen LogP contribution in [0.2, 0.25) is 0 Å². The molecule has 2 aliphatic rings. The van der Waals surface area contributed by atoms with Crippen LogP contribution in [0.4, 0.5) is 0 Å². The Morgan fingerprint density at radius 3 is 2.81 bits per heavy atom. The summed E-state index contributed by atoms with van der Waals surface area (Å²) in [6.07, 6.45) is 5.08. The zero-order valence-corrected chi connectivity index (χ0v) is 9.50. The molecular formula is C12H19N3O. The Kier molecular flexibility index (Phi) is 2.69. The summed E-state index contributed by atoms with van der Waals surface area (Å²) in [6.45, 7) is 2.03. The van der Waals surface area contributed by atoms with Gasteiger partial charge in [0.2, 0.25) is 0 Å². The third kappa shape index (κ3) is 1.76. The van der Waals surface area contributed by atoms with Gasteiger partial charge in [-0.3, -0.25) is 0 Å². The number of piperidine rings is 1.